The van der Waals surface area contributed by atoms with Crippen LogP contribution in [-0.2, 0) is 0 Å². The van der Waals surface area contributed by atoms with Gasteiger partial charge in [-0.3, -0.25) is 4.99 Å². The molecule has 1 aliphatic carbocycles. The fourth-order valence-corrected chi connectivity index (χ4v) is 2.79. The standard InChI is InChI=1S/C12H18ClN3OS/c1-14-12(16-8-3-2-4-8)15-7-9(17)10-5-6-11(13)18-10/h5-6,8-9,17H,2-4,7H2,1H3,(H2,14,15,16). The van der Waals surface area contributed by atoms with E-state index in [1.807, 2.05) is 6.07 Å². The van der Waals surface area contributed by atoms with Gasteiger partial charge in [0.25, 0.3) is 0 Å². The van der Waals surface area contributed by atoms with Crippen molar-refractivity contribution in [3.8, 4) is 0 Å². The largest absolute Gasteiger partial charge is 0.386 e. The van der Waals surface area contributed by atoms with E-state index in [1.165, 1.54) is 30.6 Å². The van der Waals surface area contributed by atoms with Gasteiger partial charge < -0.3 is 15.7 Å². The van der Waals surface area contributed by atoms with Crippen LogP contribution in [0.15, 0.2) is 17.1 Å². The first-order valence-corrected chi connectivity index (χ1v) is 7.29. The summed E-state index contributed by atoms with van der Waals surface area (Å²) in [6.45, 7) is 0.434. The summed E-state index contributed by atoms with van der Waals surface area (Å²) >= 11 is 7.24. The molecule has 1 fully saturated rings. The molecule has 1 aromatic rings. The first-order chi connectivity index (χ1) is 8.69. The van der Waals surface area contributed by atoms with E-state index in [9.17, 15) is 5.11 Å². The van der Waals surface area contributed by atoms with Gasteiger partial charge >= 0.3 is 0 Å². The molecular weight excluding hydrogens is 270 g/mol. The second kappa shape index (κ2) is 6.41. The third-order valence-corrected chi connectivity index (χ3v) is 4.39. The van der Waals surface area contributed by atoms with Crippen molar-refractivity contribution in [3.05, 3.63) is 21.3 Å². The zero-order chi connectivity index (χ0) is 13.0. The molecule has 0 spiro atoms. The first-order valence-electron chi connectivity index (χ1n) is 6.09. The van der Waals surface area contributed by atoms with Gasteiger partial charge in [-0.1, -0.05) is 11.6 Å². The third-order valence-electron chi connectivity index (χ3n) is 3.05. The molecule has 1 saturated carbocycles. The van der Waals surface area contributed by atoms with Crippen molar-refractivity contribution in [2.45, 2.75) is 31.4 Å². The Morgan fingerprint density at radius 3 is 2.89 bits per heavy atom. The summed E-state index contributed by atoms with van der Waals surface area (Å²) < 4.78 is 0.695. The zero-order valence-electron chi connectivity index (χ0n) is 10.3. The minimum Gasteiger partial charge on any atom is -0.386 e. The number of nitrogens with zero attached hydrogens (tertiary/aromatic N) is 1. The van der Waals surface area contributed by atoms with Gasteiger partial charge in [0.05, 0.1) is 4.34 Å². The number of aliphatic hydroxyl groups excluding tert-OH is 1. The van der Waals surface area contributed by atoms with Crippen molar-refractivity contribution in [3.63, 3.8) is 0 Å². The molecule has 0 radical (unpaired) electrons. The van der Waals surface area contributed by atoms with Crippen LogP contribution in [-0.4, -0.2) is 30.7 Å². The summed E-state index contributed by atoms with van der Waals surface area (Å²) in [6.07, 6.45) is 3.13. The summed E-state index contributed by atoms with van der Waals surface area (Å²) in [7, 11) is 1.74. The SMILES string of the molecule is CN=C(NCC(O)c1ccc(Cl)s1)NC1CCC1. The van der Waals surface area contributed by atoms with Gasteiger partial charge in [0.15, 0.2) is 5.96 Å². The van der Waals surface area contributed by atoms with Crippen LogP contribution in [0, 0.1) is 0 Å². The van der Waals surface area contributed by atoms with Gasteiger partial charge in [-0.25, -0.2) is 0 Å². The normalized spacial score (nSPS) is 18.3. The number of hydrogen-bond donors (Lipinski definition) is 3. The number of hydrogen-bond acceptors (Lipinski definition) is 3. The minimum atomic E-state index is -0.553. The van der Waals surface area contributed by atoms with E-state index in [0.29, 0.717) is 16.9 Å². The van der Waals surface area contributed by atoms with E-state index in [0.717, 1.165) is 10.8 Å². The molecule has 1 atom stereocenters. The summed E-state index contributed by atoms with van der Waals surface area (Å²) in [5.41, 5.74) is 0. The molecule has 2 rings (SSSR count). The van der Waals surface area contributed by atoms with Crippen LogP contribution in [0.25, 0.3) is 0 Å². The maximum Gasteiger partial charge on any atom is 0.191 e. The molecule has 1 heterocycles. The highest BCUT2D eigenvalue weighted by atomic mass is 35.5. The molecule has 0 saturated heterocycles. The Balaban J connectivity index is 1.78. The second-order valence-electron chi connectivity index (χ2n) is 4.38. The highest BCUT2D eigenvalue weighted by Gasteiger charge is 2.18. The highest BCUT2D eigenvalue weighted by molar-refractivity contribution is 7.16. The van der Waals surface area contributed by atoms with E-state index >= 15 is 0 Å². The van der Waals surface area contributed by atoms with Crippen molar-refractivity contribution < 1.29 is 5.11 Å². The fraction of sp³-hybridized carbons (Fsp3) is 0.583. The van der Waals surface area contributed by atoms with E-state index in [2.05, 4.69) is 15.6 Å². The number of aliphatic hydroxyl groups is 1. The maximum absolute atomic E-state index is 9.99. The van der Waals surface area contributed by atoms with Crippen LogP contribution < -0.4 is 10.6 Å². The van der Waals surface area contributed by atoms with Crippen molar-refractivity contribution in [2.75, 3.05) is 13.6 Å². The highest BCUT2D eigenvalue weighted by Crippen LogP contribution is 2.26. The smallest absolute Gasteiger partial charge is 0.191 e. The summed E-state index contributed by atoms with van der Waals surface area (Å²) in [6, 6.07) is 4.18. The molecule has 6 heteroatoms. The number of halogens is 1. The molecule has 100 valence electrons. The quantitative estimate of drug-likeness (QED) is 0.587. The fourth-order valence-electron chi connectivity index (χ4n) is 1.74. The van der Waals surface area contributed by atoms with E-state index in [4.69, 9.17) is 11.6 Å². The lowest BCUT2D eigenvalue weighted by molar-refractivity contribution is 0.184. The first kappa shape index (κ1) is 13.6. The Hall–Kier alpha value is -0.780. The molecule has 18 heavy (non-hydrogen) atoms. The van der Waals surface area contributed by atoms with Crippen LogP contribution in [0.1, 0.15) is 30.2 Å². The van der Waals surface area contributed by atoms with Crippen LogP contribution >= 0.6 is 22.9 Å². The Morgan fingerprint density at radius 1 is 1.61 bits per heavy atom. The average molecular weight is 288 g/mol. The molecular formula is C12H18ClN3OS. The van der Waals surface area contributed by atoms with Crippen molar-refractivity contribution in [1.82, 2.24) is 10.6 Å². The average Bonchev–Trinajstić information content (AvgIpc) is 2.73. The lowest BCUT2D eigenvalue weighted by atomic mass is 9.93. The molecule has 4 nitrogen and oxygen atoms in total. The predicted octanol–water partition coefficient (Wildman–Crippen LogP) is 2.15. The second-order valence-corrected chi connectivity index (χ2v) is 6.13. The van der Waals surface area contributed by atoms with Crippen LogP contribution in [0.4, 0.5) is 0 Å². The Labute approximate surface area is 116 Å². The summed E-state index contributed by atoms with van der Waals surface area (Å²) in [5, 5.41) is 16.4. The van der Waals surface area contributed by atoms with E-state index in [-0.39, 0.29) is 0 Å². The van der Waals surface area contributed by atoms with Gasteiger partial charge in [0.1, 0.15) is 6.10 Å². The lowest BCUT2D eigenvalue weighted by Gasteiger charge is -2.28. The minimum absolute atomic E-state index is 0.434. The predicted molar refractivity (Wildman–Crippen MR) is 76.4 cm³/mol. The van der Waals surface area contributed by atoms with Crippen LogP contribution in [0.3, 0.4) is 0 Å². The van der Waals surface area contributed by atoms with Crippen LogP contribution in [0.5, 0.6) is 0 Å². The van der Waals surface area contributed by atoms with Gasteiger partial charge in [-0.05, 0) is 31.4 Å². The Morgan fingerprint density at radius 2 is 2.39 bits per heavy atom. The molecule has 3 N–H and O–H groups in total. The van der Waals surface area contributed by atoms with Crippen molar-refractivity contribution in [2.24, 2.45) is 4.99 Å². The molecule has 0 aromatic carbocycles. The Kier molecular flexibility index (Phi) is 4.86. The number of guanidine groups is 1. The van der Waals surface area contributed by atoms with Gasteiger partial charge in [0.2, 0.25) is 0 Å². The number of nitrogens with one attached hydrogen (secondary N) is 2. The molecule has 0 bridgehead atoms. The van der Waals surface area contributed by atoms with Crippen molar-refractivity contribution in [1.29, 1.82) is 0 Å². The lowest BCUT2D eigenvalue weighted by Crippen LogP contribution is -2.47. The van der Waals surface area contributed by atoms with Crippen LogP contribution in [0.2, 0.25) is 4.34 Å². The number of aliphatic imine (C=N–C) groups is 1. The molecule has 0 amide bonds. The maximum atomic E-state index is 9.99. The van der Waals surface area contributed by atoms with Gasteiger partial charge in [-0.2, -0.15) is 0 Å². The Bertz CT molecular complexity index is 417. The van der Waals surface area contributed by atoms with E-state index < -0.39 is 6.10 Å². The molecule has 1 unspecified atom stereocenters. The topological polar surface area (TPSA) is 56.7 Å². The zero-order valence-corrected chi connectivity index (χ0v) is 11.9. The third kappa shape index (κ3) is 3.60. The van der Waals surface area contributed by atoms with E-state index in [1.54, 1.807) is 13.1 Å². The van der Waals surface area contributed by atoms with Crippen molar-refractivity contribution >= 4 is 28.9 Å². The molecule has 1 aliphatic rings. The van der Waals surface area contributed by atoms with Gasteiger partial charge in [-0.15, -0.1) is 11.3 Å². The summed E-state index contributed by atoms with van der Waals surface area (Å²) in [4.78, 5) is 5.01. The molecule has 0 aliphatic heterocycles. The number of rotatable bonds is 4. The van der Waals surface area contributed by atoms with Gasteiger partial charge in [0, 0.05) is 24.5 Å². The summed E-state index contributed by atoms with van der Waals surface area (Å²) in [5.74, 6) is 0.751. The molecule has 1 aromatic heterocycles. The monoisotopic (exact) mass is 287 g/mol. The number of thiophene rings is 1.